The van der Waals surface area contributed by atoms with Crippen molar-refractivity contribution in [3.8, 4) is 5.75 Å². The lowest BCUT2D eigenvalue weighted by Gasteiger charge is -2.17. The maximum absolute atomic E-state index is 12.1. The zero-order chi connectivity index (χ0) is 19.6. The van der Waals surface area contributed by atoms with Crippen LogP contribution >= 0.6 is 0 Å². The summed E-state index contributed by atoms with van der Waals surface area (Å²) in [7, 11) is 1.56. The number of amides is 1. The number of hydrogen-bond acceptors (Lipinski definition) is 5. The molecule has 1 amide bonds. The largest absolute Gasteiger partial charge is 0.544 e. The summed E-state index contributed by atoms with van der Waals surface area (Å²) < 4.78 is 5.05. The van der Waals surface area contributed by atoms with Gasteiger partial charge in [0.15, 0.2) is 0 Å². The number of anilines is 2. The molecular formula is C20H25N3O4. The molecule has 0 heterocycles. The molecule has 7 nitrogen and oxygen atoms in total. The van der Waals surface area contributed by atoms with Crippen molar-refractivity contribution in [1.82, 2.24) is 0 Å². The first kappa shape index (κ1) is 20.3. The lowest BCUT2D eigenvalue weighted by atomic mass is 10.2. The number of aliphatic carboxylic acids is 1. The van der Waals surface area contributed by atoms with E-state index in [9.17, 15) is 14.7 Å². The number of quaternary nitrogens is 1. The second-order valence-electron chi connectivity index (χ2n) is 6.23. The lowest BCUT2D eigenvalue weighted by molar-refractivity contribution is -0.680. The van der Waals surface area contributed by atoms with Gasteiger partial charge in [-0.05, 0) is 48.9 Å². The third-order valence-electron chi connectivity index (χ3n) is 4.02. The Hall–Kier alpha value is -3.06. The molecule has 0 aliphatic rings. The zero-order valence-corrected chi connectivity index (χ0v) is 15.5. The summed E-state index contributed by atoms with van der Waals surface area (Å²) in [5.41, 5.74) is 2.71. The Labute approximate surface area is 158 Å². The van der Waals surface area contributed by atoms with Crippen molar-refractivity contribution in [1.29, 1.82) is 0 Å². The van der Waals surface area contributed by atoms with Gasteiger partial charge in [0.25, 0.3) is 0 Å². The average Bonchev–Trinajstić information content (AvgIpc) is 2.64. The summed E-state index contributed by atoms with van der Waals surface area (Å²) in [6, 6.07) is 13.8. The maximum Gasteiger partial charge on any atom is 0.230 e. The highest BCUT2D eigenvalue weighted by molar-refractivity contribution is 5.93. The predicted octanol–water partition coefficient (Wildman–Crippen LogP) is 0.126. The van der Waals surface area contributed by atoms with Crippen LogP contribution in [0.2, 0.25) is 0 Å². The molecule has 0 radical (unpaired) electrons. The van der Waals surface area contributed by atoms with Crippen LogP contribution in [0.3, 0.4) is 0 Å². The summed E-state index contributed by atoms with van der Waals surface area (Å²) >= 11 is 0. The minimum atomic E-state index is -1.25. The van der Waals surface area contributed by atoms with Crippen LogP contribution in [0.1, 0.15) is 12.0 Å². The molecule has 144 valence electrons. The van der Waals surface area contributed by atoms with Gasteiger partial charge >= 0.3 is 0 Å². The van der Waals surface area contributed by atoms with Crippen LogP contribution in [-0.4, -0.2) is 38.1 Å². The van der Waals surface area contributed by atoms with Gasteiger partial charge in [-0.3, -0.25) is 4.79 Å². The minimum Gasteiger partial charge on any atom is -0.544 e. The molecule has 0 aromatic heterocycles. The van der Waals surface area contributed by atoms with Gasteiger partial charge in [0, 0.05) is 11.4 Å². The molecule has 0 saturated carbocycles. The van der Waals surface area contributed by atoms with Crippen LogP contribution in [0.4, 0.5) is 11.4 Å². The van der Waals surface area contributed by atoms with E-state index in [0.717, 1.165) is 11.3 Å². The van der Waals surface area contributed by atoms with E-state index >= 15 is 0 Å². The van der Waals surface area contributed by atoms with Crippen LogP contribution in [0.15, 0.2) is 48.5 Å². The molecule has 2 aromatic rings. The number of nitrogens with one attached hydrogen (secondary N) is 2. The van der Waals surface area contributed by atoms with Gasteiger partial charge in [-0.1, -0.05) is 12.1 Å². The van der Waals surface area contributed by atoms with E-state index in [4.69, 9.17) is 4.74 Å². The van der Waals surface area contributed by atoms with Crippen molar-refractivity contribution in [2.45, 2.75) is 19.4 Å². The van der Waals surface area contributed by atoms with Crippen LogP contribution < -0.4 is 25.8 Å². The van der Waals surface area contributed by atoms with Crippen LogP contribution in [0.5, 0.6) is 5.75 Å². The molecule has 0 unspecified atom stereocenters. The number of hydrogen-bond donors (Lipinski definition) is 3. The number of carbonyl (C=O) groups excluding carboxylic acids is 2. The van der Waals surface area contributed by atoms with Gasteiger partial charge in [0.1, 0.15) is 11.8 Å². The van der Waals surface area contributed by atoms with Crippen molar-refractivity contribution in [2.75, 3.05) is 30.8 Å². The van der Waals surface area contributed by atoms with Gasteiger partial charge in [0.05, 0.1) is 32.6 Å². The Morgan fingerprint density at radius 3 is 2.52 bits per heavy atom. The van der Waals surface area contributed by atoms with Crippen LogP contribution in [0.25, 0.3) is 0 Å². The second-order valence-corrected chi connectivity index (χ2v) is 6.23. The molecule has 0 saturated heterocycles. The Morgan fingerprint density at radius 1 is 1.15 bits per heavy atom. The highest BCUT2D eigenvalue weighted by Gasteiger charge is 2.18. The Kier molecular flexibility index (Phi) is 7.63. The monoisotopic (exact) mass is 371 g/mol. The van der Waals surface area contributed by atoms with E-state index < -0.39 is 12.0 Å². The summed E-state index contributed by atoms with van der Waals surface area (Å²) in [4.78, 5) is 23.4. The number of carboxylic acids is 1. The smallest absolute Gasteiger partial charge is 0.230 e. The Morgan fingerprint density at radius 2 is 1.89 bits per heavy atom. The fourth-order valence-corrected chi connectivity index (χ4v) is 2.61. The van der Waals surface area contributed by atoms with Gasteiger partial charge in [-0.15, -0.1) is 0 Å². The minimum absolute atomic E-state index is 0.168. The summed E-state index contributed by atoms with van der Waals surface area (Å²) in [6.07, 6.45) is -0.168. The summed E-state index contributed by atoms with van der Waals surface area (Å²) in [5.74, 6) is -0.956. The van der Waals surface area contributed by atoms with E-state index in [2.05, 4.69) is 10.6 Å². The molecule has 1 atom stereocenters. The molecule has 2 rings (SSSR count). The quantitative estimate of drug-likeness (QED) is 0.515. The summed E-state index contributed by atoms with van der Waals surface area (Å²) in [5, 5.41) is 18.8. The van der Waals surface area contributed by atoms with Gasteiger partial charge in [-0.2, -0.15) is 0 Å². The van der Waals surface area contributed by atoms with Crippen molar-refractivity contribution in [3.05, 3.63) is 54.1 Å². The first-order chi connectivity index (χ1) is 13.0. The number of carboxylic acid groups (broad SMARTS) is 1. The normalized spacial score (nSPS) is 11.5. The lowest BCUT2D eigenvalue weighted by Crippen LogP contribution is -2.94. The number of methoxy groups -OCH3 is 1. The number of rotatable bonds is 10. The van der Waals surface area contributed by atoms with Crippen molar-refractivity contribution >= 4 is 23.3 Å². The number of nitrogens with two attached hydrogens (primary N) is 1. The number of ether oxygens (including phenoxy) is 1. The molecule has 0 aliphatic heterocycles. The van der Waals surface area contributed by atoms with Crippen molar-refractivity contribution in [2.24, 2.45) is 0 Å². The SMILES string of the molecule is COc1ccc(NC(=O)C[C@H]([NH2+]CCNc2cccc(C)c2)C(=O)[O-])cc1. The van der Waals surface area contributed by atoms with E-state index in [1.165, 1.54) is 0 Å². The van der Waals surface area contributed by atoms with Crippen LogP contribution in [-0.2, 0) is 9.59 Å². The molecule has 0 aliphatic carbocycles. The fourth-order valence-electron chi connectivity index (χ4n) is 2.61. The molecule has 2 aromatic carbocycles. The highest BCUT2D eigenvalue weighted by Crippen LogP contribution is 2.15. The van der Waals surface area contributed by atoms with E-state index in [1.807, 2.05) is 31.2 Å². The van der Waals surface area contributed by atoms with E-state index in [1.54, 1.807) is 36.7 Å². The predicted molar refractivity (Wildman–Crippen MR) is 101 cm³/mol. The molecule has 7 heteroatoms. The maximum atomic E-state index is 12.1. The van der Waals surface area contributed by atoms with E-state index in [0.29, 0.717) is 24.5 Å². The zero-order valence-electron chi connectivity index (χ0n) is 15.5. The fraction of sp³-hybridized carbons (Fsp3) is 0.300. The first-order valence-corrected chi connectivity index (χ1v) is 8.76. The average molecular weight is 371 g/mol. The highest BCUT2D eigenvalue weighted by atomic mass is 16.5. The van der Waals surface area contributed by atoms with Crippen molar-refractivity contribution in [3.63, 3.8) is 0 Å². The summed E-state index contributed by atoms with van der Waals surface area (Å²) in [6.45, 7) is 3.08. The van der Waals surface area contributed by atoms with E-state index in [-0.39, 0.29) is 12.3 Å². The molecule has 4 N–H and O–H groups in total. The van der Waals surface area contributed by atoms with Gasteiger partial charge in [0.2, 0.25) is 5.91 Å². The molecule has 0 fully saturated rings. The topological polar surface area (TPSA) is 107 Å². The molecule has 27 heavy (non-hydrogen) atoms. The standard InChI is InChI=1S/C20H25N3O4/c1-14-4-3-5-16(12-14)21-10-11-22-18(20(25)26)13-19(24)23-15-6-8-17(27-2)9-7-15/h3-9,12,18,21-22H,10-11,13H2,1-2H3,(H,23,24)(H,25,26)/t18-/m0/s1. The van der Waals surface area contributed by atoms with Crippen molar-refractivity contribution < 1.29 is 24.7 Å². The number of benzene rings is 2. The van der Waals surface area contributed by atoms with Gasteiger partial charge < -0.3 is 30.6 Å². The Balaban J connectivity index is 1.78. The molecule has 0 bridgehead atoms. The third kappa shape index (κ3) is 6.99. The van der Waals surface area contributed by atoms with Gasteiger partial charge in [-0.25, -0.2) is 0 Å². The number of carbonyl (C=O) groups is 2. The van der Waals surface area contributed by atoms with Crippen LogP contribution in [0, 0.1) is 6.92 Å². The third-order valence-corrected chi connectivity index (χ3v) is 4.02. The molecule has 0 spiro atoms. The Bertz CT molecular complexity index is 762. The second kappa shape index (κ2) is 10.2. The molecular weight excluding hydrogens is 346 g/mol. The first-order valence-electron chi connectivity index (χ1n) is 8.76. The number of aryl methyl sites for hydroxylation is 1.